The third kappa shape index (κ3) is 4.53. The van der Waals surface area contributed by atoms with Crippen LogP contribution in [0.5, 0.6) is 0 Å². The molecule has 1 saturated carbocycles. The molecule has 1 saturated heterocycles. The van der Waals surface area contributed by atoms with Gasteiger partial charge in [0.05, 0.1) is 6.54 Å². The van der Waals surface area contributed by atoms with Crippen LogP contribution < -0.4 is 10.6 Å². The van der Waals surface area contributed by atoms with Crippen molar-refractivity contribution >= 4 is 17.7 Å². The summed E-state index contributed by atoms with van der Waals surface area (Å²) >= 11 is 0. The average molecular weight is 445 g/mol. The molecule has 0 bridgehead atoms. The van der Waals surface area contributed by atoms with Crippen molar-refractivity contribution < 1.29 is 14.4 Å². The molecule has 1 atom stereocenters. The smallest absolute Gasteiger partial charge is 0.273 e. The summed E-state index contributed by atoms with van der Waals surface area (Å²) in [6.07, 6.45) is 7.39. The maximum absolute atomic E-state index is 13.3. The van der Waals surface area contributed by atoms with Gasteiger partial charge in [-0.3, -0.25) is 19.1 Å². The van der Waals surface area contributed by atoms with E-state index < -0.39 is 5.54 Å². The summed E-state index contributed by atoms with van der Waals surface area (Å²) in [5, 5.41) is 10.5. The van der Waals surface area contributed by atoms with E-state index in [4.69, 9.17) is 0 Å². The van der Waals surface area contributed by atoms with E-state index in [1.807, 2.05) is 13.8 Å². The molecule has 1 aromatic rings. The van der Waals surface area contributed by atoms with Crippen LogP contribution in [0.1, 0.15) is 79.8 Å². The highest BCUT2D eigenvalue weighted by Gasteiger charge is 2.48. The predicted molar refractivity (Wildman–Crippen MR) is 120 cm³/mol. The monoisotopic (exact) mass is 444 g/mol. The lowest BCUT2D eigenvalue weighted by atomic mass is 9.94. The summed E-state index contributed by atoms with van der Waals surface area (Å²) in [6, 6.07) is 1.74. The van der Waals surface area contributed by atoms with Gasteiger partial charge < -0.3 is 20.4 Å². The van der Waals surface area contributed by atoms with Crippen LogP contribution >= 0.6 is 0 Å². The van der Waals surface area contributed by atoms with E-state index in [1.54, 1.807) is 11.0 Å². The largest absolute Gasteiger partial charge is 0.351 e. The van der Waals surface area contributed by atoms with Gasteiger partial charge in [0.2, 0.25) is 5.91 Å². The van der Waals surface area contributed by atoms with Crippen molar-refractivity contribution in [1.82, 2.24) is 30.2 Å². The molecule has 1 aromatic heterocycles. The molecule has 2 fully saturated rings. The van der Waals surface area contributed by atoms with Crippen LogP contribution in [0, 0.1) is 0 Å². The van der Waals surface area contributed by atoms with Gasteiger partial charge in [-0.2, -0.15) is 5.10 Å². The number of likely N-dealkylation sites (tertiary alicyclic amines) is 1. The Morgan fingerprint density at radius 1 is 1.16 bits per heavy atom. The Morgan fingerprint density at radius 3 is 2.56 bits per heavy atom. The molecule has 32 heavy (non-hydrogen) atoms. The van der Waals surface area contributed by atoms with Crippen LogP contribution in [-0.4, -0.2) is 81.6 Å². The van der Waals surface area contributed by atoms with Crippen molar-refractivity contribution in [3.63, 3.8) is 0 Å². The molecule has 3 aliphatic rings. The topological polar surface area (TPSA) is 99.6 Å². The van der Waals surface area contributed by atoms with E-state index in [9.17, 15) is 14.4 Å². The summed E-state index contributed by atoms with van der Waals surface area (Å²) in [5.41, 5.74) is -0.431. The second-order valence-electron chi connectivity index (χ2n) is 9.56. The lowest BCUT2D eigenvalue weighted by Gasteiger charge is -2.43. The highest BCUT2D eigenvalue weighted by atomic mass is 16.2. The average Bonchev–Trinajstić information content (AvgIpc) is 3.53. The number of hydrogen-bond acceptors (Lipinski definition) is 5. The first-order valence-electron chi connectivity index (χ1n) is 12.1. The summed E-state index contributed by atoms with van der Waals surface area (Å²) in [5.74, 6) is -0.659. The van der Waals surface area contributed by atoms with Crippen molar-refractivity contribution in [2.24, 2.45) is 0 Å². The molecule has 0 unspecified atom stereocenters. The van der Waals surface area contributed by atoms with Crippen LogP contribution in [0.4, 0.5) is 0 Å². The van der Waals surface area contributed by atoms with Gasteiger partial charge in [-0.05, 0) is 52.1 Å². The van der Waals surface area contributed by atoms with Gasteiger partial charge in [0.15, 0.2) is 5.69 Å². The Morgan fingerprint density at radius 2 is 1.88 bits per heavy atom. The number of amides is 3. The molecule has 0 spiro atoms. The molecular formula is C23H36N6O3. The van der Waals surface area contributed by atoms with E-state index >= 15 is 0 Å². The van der Waals surface area contributed by atoms with E-state index in [0.717, 1.165) is 51.7 Å². The van der Waals surface area contributed by atoms with Crippen LogP contribution in [-0.2, 0) is 11.3 Å². The van der Waals surface area contributed by atoms with Gasteiger partial charge in [-0.1, -0.05) is 19.8 Å². The molecule has 3 amide bonds. The lowest BCUT2D eigenvalue weighted by Crippen LogP contribution is -2.65. The van der Waals surface area contributed by atoms with E-state index in [0.29, 0.717) is 18.8 Å². The molecule has 176 valence electrons. The molecule has 0 radical (unpaired) electrons. The second-order valence-corrected chi connectivity index (χ2v) is 9.56. The zero-order valence-corrected chi connectivity index (χ0v) is 19.4. The Labute approximate surface area is 189 Å². The molecule has 2 N–H and O–H groups in total. The van der Waals surface area contributed by atoms with Crippen molar-refractivity contribution in [3.8, 4) is 0 Å². The van der Waals surface area contributed by atoms with Crippen molar-refractivity contribution in [2.45, 2.75) is 76.9 Å². The second kappa shape index (κ2) is 9.60. The van der Waals surface area contributed by atoms with Crippen molar-refractivity contribution in [1.29, 1.82) is 0 Å². The normalized spacial score (nSPS) is 24.1. The van der Waals surface area contributed by atoms with E-state index in [-0.39, 0.29) is 36.0 Å². The molecule has 9 nitrogen and oxygen atoms in total. The Bertz CT molecular complexity index is 856. The van der Waals surface area contributed by atoms with Crippen molar-refractivity contribution in [3.05, 3.63) is 17.5 Å². The quantitative estimate of drug-likeness (QED) is 0.631. The number of rotatable bonds is 8. The first-order chi connectivity index (χ1) is 15.4. The standard InChI is InChI=1S/C23H36N6O3/c1-3-11-28-21(31)19-15-18(20(30)24-10-14-27-12-6-7-13-27)26-29(19)16-23(28,2)22(32)25-17-8-4-5-9-17/h15,17H,3-14,16H2,1-2H3,(H,24,30)(H,25,32)/t23-/m0/s1. The Hall–Kier alpha value is -2.42. The molecule has 3 heterocycles. The van der Waals surface area contributed by atoms with Crippen LogP contribution in [0.3, 0.4) is 0 Å². The van der Waals surface area contributed by atoms with E-state index in [2.05, 4.69) is 20.6 Å². The fourth-order valence-corrected chi connectivity index (χ4v) is 5.16. The first kappa shape index (κ1) is 22.8. The predicted octanol–water partition coefficient (Wildman–Crippen LogP) is 1.39. The van der Waals surface area contributed by atoms with Crippen molar-refractivity contribution in [2.75, 3.05) is 32.7 Å². The number of aromatic nitrogens is 2. The number of nitrogens with one attached hydrogen (secondary N) is 2. The third-order valence-corrected chi connectivity index (χ3v) is 7.07. The molecule has 2 aliphatic heterocycles. The third-order valence-electron chi connectivity index (χ3n) is 7.07. The molecule has 0 aromatic carbocycles. The summed E-state index contributed by atoms with van der Waals surface area (Å²) < 4.78 is 1.54. The minimum atomic E-state index is -1.03. The van der Waals surface area contributed by atoms with Crippen LogP contribution in [0.25, 0.3) is 0 Å². The minimum absolute atomic E-state index is 0.135. The van der Waals surface area contributed by atoms with Gasteiger partial charge >= 0.3 is 0 Å². The van der Waals surface area contributed by atoms with Crippen LogP contribution in [0.15, 0.2) is 6.07 Å². The zero-order chi connectivity index (χ0) is 22.7. The number of nitrogens with zero attached hydrogens (tertiary/aromatic N) is 4. The first-order valence-corrected chi connectivity index (χ1v) is 12.1. The van der Waals surface area contributed by atoms with Crippen LogP contribution in [0.2, 0.25) is 0 Å². The summed E-state index contributed by atoms with van der Waals surface area (Å²) in [4.78, 5) is 43.3. The van der Waals surface area contributed by atoms with Gasteiger partial charge in [0.1, 0.15) is 11.2 Å². The van der Waals surface area contributed by atoms with Gasteiger partial charge in [0.25, 0.3) is 11.8 Å². The minimum Gasteiger partial charge on any atom is -0.351 e. The van der Waals surface area contributed by atoms with Gasteiger partial charge in [0, 0.05) is 31.7 Å². The maximum Gasteiger partial charge on any atom is 0.273 e. The number of hydrogen-bond donors (Lipinski definition) is 2. The highest BCUT2D eigenvalue weighted by Crippen LogP contribution is 2.29. The fraction of sp³-hybridized carbons (Fsp3) is 0.739. The lowest BCUT2D eigenvalue weighted by molar-refractivity contribution is -0.133. The summed E-state index contributed by atoms with van der Waals surface area (Å²) in [7, 11) is 0. The van der Waals surface area contributed by atoms with Gasteiger partial charge in [-0.25, -0.2) is 0 Å². The number of carbonyl (C=O) groups excluding carboxylic acids is 3. The zero-order valence-electron chi connectivity index (χ0n) is 19.4. The highest BCUT2D eigenvalue weighted by molar-refractivity contribution is 6.01. The molecule has 9 heteroatoms. The fourth-order valence-electron chi connectivity index (χ4n) is 5.16. The van der Waals surface area contributed by atoms with E-state index in [1.165, 1.54) is 17.5 Å². The summed E-state index contributed by atoms with van der Waals surface area (Å²) in [6.45, 7) is 8.07. The Kier molecular flexibility index (Phi) is 6.83. The molecule has 4 rings (SSSR count). The molecule has 1 aliphatic carbocycles. The maximum atomic E-state index is 13.3. The SMILES string of the molecule is CCCN1C(=O)c2cc(C(=O)NCCN3CCCC3)nn2C[C@@]1(C)C(=O)NC1CCCC1. The van der Waals surface area contributed by atoms with Gasteiger partial charge in [-0.15, -0.1) is 0 Å². The Balaban J connectivity index is 1.48. The number of carbonyl (C=O) groups is 3. The number of fused-ring (bicyclic) bond motifs is 1. The molecular weight excluding hydrogens is 408 g/mol.